The molecule has 0 aliphatic heterocycles. The van der Waals surface area contributed by atoms with E-state index < -0.39 is 10.9 Å². The van der Waals surface area contributed by atoms with Crippen molar-refractivity contribution in [3.63, 3.8) is 0 Å². The standard InChI is InChI=1S/C20H20N2O4/c1-11(2)15-9-13(6-7-16(15)24)22-18-17(19(25)20(18)26)21-10-12-4-3-5-14(23)8-12/h3-9,11,21-24H,10H2,1-2H3. The van der Waals surface area contributed by atoms with Gasteiger partial charge in [-0.15, -0.1) is 0 Å². The fourth-order valence-corrected chi connectivity index (χ4v) is 2.78. The smallest absolute Gasteiger partial charge is 0.253 e. The molecule has 0 aliphatic rings. The van der Waals surface area contributed by atoms with Crippen molar-refractivity contribution in [1.29, 1.82) is 0 Å². The van der Waals surface area contributed by atoms with Crippen molar-refractivity contribution >= 4 is 17.1 Å². The summed E-state index contributed by atoms with van der Waals surface area (Å²) in [6.07, 6.45) is 0. The molecule has 0 heterocycles. The number of rotatable bonds is 6. The van der Waals surface area contributed by atoms with Crippen LogP contribution in [0, 0.1) is 0 Å². The lowest BCUT2D eigenvalue weighted by molar-refractivity contribution is 0.465. The number of nitrogens with one attached hydrogen (secondary N) is 2. The van der Waals surface area contributed by atoms with Crippen LogP contribution in [0.4, 0.5) is 17.1 Å². The van der Waals surface area contributed by atoms with Gasteiger partial charge in [-0.2, -0.15) is 0 Å². The molecule has 0 atom stereocenters. The second-order valence-electron chi connectivity index (χ2n) is 6.48. The molecule has 26 heavy (non-hydrogen) atoms. The summed E-state index contributed by atoms with van der Waals surface area (Å²) < 4.78 is 0. The SMILES string of the molecule is CC(C)c1cc(Nc2c(NCc3cccc(O)c3)c(=O)c2=O)ccc1O. The first-order valence-corrected chi connectivity index (χ1v) is 8.32. The van der Waals surface area contributed by atoms with Crippen LogP contribution in [0.1, 0.15) is 30.9 Å². The molecule has 3 aromatic rings. The average Bonchev–Trinajstić information content (AvgIpc) is 2.61. The molecular formula is C20H20N2O4. The number of benzene rings is 2. The van der Waals surface area contributed by atoms with E-state index in [0.29, 0.717) is 12.2 Å². The molecule has 4 N–H and O–H groups in total. The van der Waals surface area contributed by atoms with Crippen LogP contribution >= 0.6 is 0 Å². The molecule has 0 spiro atoms. The summed E-state index contributed by atoms with van der Waals surface area (Å²) in [7, 11) is 0. The lowest BCUT2D eigenvalue weighted by Gasteiger charge is -2.16. The number of phenolic OH excluding ortho intramolecular Hbond substituents is 2. The van der Waals surface area contributed by atoms with E-state index in [0.717, 1.165) is 11.1 Å². The summed E-state index contributed by atoms with van der Waals surface area (Å²) in [5.74, 6) is 0.448. The second-order valence-corrected chi connectivity index (χ2v) is 6.48. The number of phenols is 2. The fraction of sp³-hybridized carbons (Fsp3) is 0.200. The van der Waals surface area contributed by atoms with Gasteiger partial charge >= 0.3 is 0 Å². The van der Waals surface area contributed by atoms with Gasteiger partial charge in [0.15, 0.2) is 0 Å². The highest BCUT2D eigenvalue weighted by Crippen LogP contribution is 2.30. The van der Waals surface area contributed by atoms with Crippen LogP contribution in [-0.2, 0) is 6.54 Å². The Bertz CT molecular complexity index is 1020. The third kappa shape index (κ3) is 3.39. The molecule has 3 rings (SSSR count). The van der Waals surface area contributed by atoms with Crippen molar-refractivity contribution < 1.29 is 10.2 Å². The van der Waals surface area contributed by atoms with E-state index in [1.807, 2.05) is 13.8 Å². The Morgan fingerprint density at radius 3 is 2.38 bits per heavy atom. The molecule has 6 heteroatoms. The predicted octanol–water partition coefficient (Wildman–Crippen LogP) is 3.17. The summed E-state index contributed by atoms with van der Waals surface area (Å²) in [5, 5.41) is 25.3. The van der Waals surface area contributed by atoms with Crippen molar-refractivity contribution in [2.75, 3.05) is 10.6 Å². The Hall–Kier alpha value is -3.28. The highest BCUT2D eigenvalue weighted by Gasteiger charge is 2.21. The number of hydrogen-bond acceptors (Lipinski definition) is 6. The van der Waals surface area contributed by atoms with Crippen LogP contribution in [0.2, 0.25) is 0 Å². The van der Waals surface area contributed by atoms with E-state index in [2.05, 4.69) is 10.6 Å². The fourth-order valence-electron chi connectivity index (χ4n) is 2.78. The Kier molecular flexibility index (Phi) is 4.67. The molecule has 6 nitrogen and oxygen atoms in total. The maximum absolute atomic E-state index is 11.9. The lowest BCUT2D eigenvalue weighted by atomic mass is 10.0. The molecule has 0 saturated carbocycles. The van der Waals surface area contributed by atoms with Crippen LogP contribution in [0.15, 0.2) is 52.1 Å². The maximum Gasteiger partial charge on any atom is 0.253 e. The molecule has 0 amide bonds. The Morgan fingerprint density at radius 2 is 1.69 bits per heavy atom. The van der Waals surface area contributed by atoms with E-state index in [9.17, 15) is 19.8 Å². The van der Waals surface area contributed by atoms with Crippen LogP contribution in [0.5, 0.6) is 11.5 Å². The Labute approximate surface area is 150 Å². The molecule has 0 aromatic heterocycles. The second kappa shape index (κ2) is 6.92. The van der Waals surface area contributed by atoms with E-state index in [1.54, 1.807) is 42.5 Å². The molecule has 0 radical (unpaired) electrons. The van der Waals surface area contributed by atoms with Crippen LogP contribution in [-0.4, -0.2) is 10.2 Å². The van der Waals surface area contributed by atoms with E-state index in [1.165, 1.54) is 0 Å². The number of hydrogen-bond donors (Lipinski definition) is 4. The maximum atomic E-state index is 11.9. The number of anilines is 3. The van der Waals surface area contributed by atoms with Gasteiger partial charge in [0, 0.05) is 12.2 Å². The third-order valence-corrected chi connectivity index (χ3v) is 4.21. The van der Waals surface area contributed by atoms with E-state index >= 15 is 0 Å². The molecule has 134 valence electrons. The molecule has 0 unspecified atom stereocenters. The highest BCUT2D eigenvalue weighted by atomic mass is 16.3. The van der Waals surface area contributed by atoms with Gasteiger partial charge in [-0.25, -0.2) is 0 Å². The first-order valence-electron chi connectivity index (χ1n) is 8.32. The van der Waals surface area contributed by atoms with Crippen molar-refractivity contribution in [3.8, 4) is 11.5 Å². The van der Waals surface area contributed by atoms with Crippen LogP contribution < -0.4 is 21.5 Å². The van der Waals surface area contributed by atoms with Crippen LogP contribution in [0.3, 0.4) is 0 Å². The molecule has 3 aromatic carbocycles. The first kappa shape index (κ1) is 17.5. The average molecular weight is 352 g/mol. The van der Waals surface area contributed by atoms with Gasteiger partial charge in [-0.05, 0) is 47.4 Å². The minimum absolute atomic E-state index is 0.118. The van der Waals surface area contributed by atoms with Crippen molar-refractivity contribution in [1.82, 2.24) is 0 Å². The highest BCUT2D eigenvalue weighted by molar-refractivity contribution is 5.79. The summed E-state index contributed by atoms with van der Waals surface area (Å²) in [6.45, 7) is 4.22. The number of aromatic hydroxyl groups is 2. The van der Waals surface area contributed by atoms with E-state index in [4.69, 9.17) is 0 Å². The van der Waals surface area contributed by atoms with Gasteiger partial charge in [0.05, 0.1) is 0 Å². The summed E-state index contributed by atoms with van der Waals surface area (Å²) in [6, 6.07) is 11.6. The molecule has 0 bridgehead atoms. The lowest BCUT2D eigenvalue weighted by Crippen LogP contribution is -2.36. The molecule has 0 fully saturated rings. The normalized spacial score (nSPS) is 11.0. The predicted molar refractivity (Wildman–Crippen MR) is 102 cm³/mol. The Morgan fingerprint density at radius 1 is 0.962 bits per heavy atom. The van der Waals surface area contributed by atoms with Crippen molar-refractivity contribution in [2.45, 2.75) is 26.3 Å². The minimum atomic E-state index is -0.581. The van der Waals surface area contributed by atoms with Gasteiger partial charge in [-0.1, -0.05) is 26.0 Å². The topological polar surface area (TPSA) is 98.7 Å². The summed E-state index contributed by atoms with van der Waals surface area (Å²) in [4.78, 5) is 23.8. The van der Waals surface area contributed by atoms with Gasteiger partial charge in [0.2, 0.25) is 0 Å². The zero-order valence-electron chi connectivity index (χ0n) is 14.5. The quantitative estimate of drug-likeness (QED) is 0.402. The van der Waals surface area contributed by atoms with Gasteiger partial charge < -0.3 is 20.8 Å². The van der Waals surface area contributed by atoms with Crippen LogP contribution in [0.25, 0.3) is 0 Å². The van der Waals surface area contributed by atoms with Crippen molar-refractivity contribution in [2.24, 2.45) is 0 Å². The first-order chi connectivity index (χ1) is 12.4. The summed E-state index contributed by atoms with van der Waals surface area (Å²) in [5.41, 5.74) is 1.43. The zero-order valence-corrected chi connectivity index (χ0v) is 14.5. The third-order valence-electron chi connectivity index (χ3n) is 4.21. The van der Waals surface area contributed by atoms with E-state index in [-0.39, 0.29) is 28.8 Å². The van der Waals surface area contributed by atoms with Gasteiger partial charge in [-0.3, -0.25) is 9.59 Å². The Balaban J connectivity index is 1.80. The largest absolute Gasteiger partial charge is 0.508 e. The summed E-state index contributed by atoms with van der Waals surface area (Å²) >= 11 is 0. The van der Waals surface area contributed by atoms with Gasteiger partial charge in [0.1, 0.15) is 22.9 Å². The minimum Gasteiger partial charge on any atom is -0.508 e. The molecular weight excluding hydrogens is 332 g/mol. The molecule has 0 aliphatic carbocycles. The molecule has 0 saturated heterocycles. The monoisotopic (exact) mass is 352 g/mol. The zero-order chi connectivity index (χ0) is 18.8. The van der Waals surface area contributed by atoms with Crippen molar-refractivity contribution in [3.05, 3.63) is 74.0 Å². The van der Waals surface area contributed by atoms with Gasteiger partial charge in [0.25, 0.3) is 10.9 Å².